The lowest BCUT2D eigenvalue weighted by molar-refractivity contribution is -0.176. The van der Waals surface area contributed by atoms with Gasteiger partial charge in [-0.25, -0.2) is 9.78 Å². The van der Waals surface area contributed by atoms with Gasteiger partial charge >= 0.3 is 11.9 Å². The number of hydrogen-bond donors (Lipinski definition) is 1. The van der Waals surface area contributed by atoms with Gasteiger partial charge in [0.05, 0.1) is 5.02 Å². The van der Waals surface area contributed by atoms with Gasteiger partial charge in [0.15, 0.2) is 5.41 Å². The number of hydrogen-bond acceptors (Lipinski definition) is 6. The molecule has 0 radical (unpaired) electrons. The van der Waals surface area contributed by atoms with E-state index in [2.05, 4.69) is 9.82 Å². The topological polar surface area (TPSA) is 94.6 Å². The van der Waals surface area contributed by atoms with Gasteiger partial charge in [-0.05, 0) is 18.9 Å². The number of aromatic nitrogens is 1. The summed E-state index contributed by atoms with van der Waals surface area (Å²) < 4.78 is 5.12. The number of nitrogens with one attached hydrogen (secondary N) is 1. The second-order valence-corrected chi connectivity index (χ2v) is 4.98. The highest BCUT2D eigenvalue weighted by Crippen LogP contribution is 2.30. The van der Waals surface area contributed by atoms with Crippen molar-refractivity contribution in [2.24, 2.45) is 5.41 Å². The molecule has 120 valence electrons. The van der Waals surface area contributed by atoms with Crippen LogP contribution in [0.25, 0.3) is 0 Å². The van der Waals surface area contributed by atoms with Gasteiger partial charge in [0.25, 0.3) is 0 Å². The molecule has 0 aromatic carbocycles. The molecule has 0 unspecified atom stereocenters. The minimum atomic E-state index is -1.52. The summed E-state index contributed by atoms with van der Waals surface area (Å²) in [7, 11) is 0. The van der Waals surface area contributed by atoms with Gasteiger partial charge in [-0.3, -0.25) is 9.59 Å². The predicted molar refractivity (Wildman–Crippen MR) is 77.8 cm³/mol. The zero-order chi connectivity index (χ0) is 16.8. The first-order valence-corrected chi connectivity index (χ1v) is 7.05. The Hall–Kier alpha value is -2.15. The molecule has 1 amide bonds. The highest BCUT2D eigenvalue weighted by molar-refractivity contribution is 6.30. The van der Waals surface area contributed by atoms with Gasteiger partial charge in [-0.1, -0.05) is 25.4 Å². The molecule has 1 aromatic heterocycles. The number of rotatable bonds is 5. The fraction of sp³-hybridized carbons (Fsp3) is 0.429. The first-order chi connectivity index (χ1) is 10.4. The lowest BCUT2D eigenvalue weighted by atomic mass is 9.82. The molecule has 8 heteroatoms. The van der Waals surface area contributed by atoms with Gasteiger partial charge in [-0.2, -0.15) is 5.48 Å². The van der Waals surface area contributed by atoms with Crippen LogP contribution in [0.5, 0.6) is 5.88 Å². The monoisotopic (exact) mass is 328 g/mol. The zero-order valence-electron chi connectivity index (χ0n) is 12.5. The van der Waals surface area contributed by atoms with Gasteiger partial charge in [0.1, 0.15) is 0 Å². The molecule has 1 aromatic rings. The number of pyridine rings is 1. The van der Waals surface area contributed by atoms with Crippen molar-refractivity contribution >= 4 is 29.4 Å². The molecule has 0 aliphatic heterocycles. The summed E-state index contributed by atoms with van der Waals surface area (Å²) in [4.78, 5) is 43.8. The molecule has 0 atom stereocenters. The number of nitrogens with zero attached hydrogens (tertiary/aromatic N) is 1. The molecule has 22 heavy (non-hydrogen) atoms. The minimum Gasteiger partial charge on any atom is -0.407 e. The van der Waals surface area contributed by atoms with Crippen molar-refractivity contribution < 1.29 is 24.0 Å². The lowest BCUT2D eigenvalue weighted by Gasteiger charge is -2.25. The largest absolute Gasteiger partial charge is 0.407 e. The first kappa shape index (κ1) is 17.9. The predicted octanol–water partition coefficient (Wildman–Crippen LogP) is 2.04. The van der Waals surface area contributed by atoms with Crippen molar-refractivity contribution in [2.75, 3.05) is 0 Å². The molecule has 0 spiro atoms. The third kappa shape index (κ3) is 4.17. The van der Waals surface area contributed by atoms with E-state index in [1.165, 1.54) is 25.3 Å². The van der Waals surface area contributed by atoms with Gasteiger partial charge < -0.3 is 9.57 Å². The second-order valence-electron chi connectivity index (χ2n) is 4.54. The number of carbonyl (C=O) groups excluding carboxylic acids is 3. The van der Waals surface area contributed by atoms with E-state index in [4.69, 9.17) is 16.3 Å². The van der Waals surface area contributed by atoms with Crippen LogP contribution >= 0.6 is 11.6 Å². The van der Waals surface area contributed by atoms with Crippen LogP contribution in [0.3, 0.4) is 0 Å². The average Bonchev–Trinajstić information content (AvgIpc) is 2.49. The maximum absolute atomic E-state index is 12.4. The number of carbonyl (C=O) groups is 3. The molecule has 0 aliphatic rings. The van der Waals surface area contributed by atoms with Crippen LogP contribution in [0.2, 0.25) is 5.02 Å². The van der Waals surface area contributed by atoms with Gasteiger partial charge in [0, 0.05) is 19.2 Å². The average molecular weight is 329 g/mol. The van der Waals surface area contributed by atoms with Crippen molar-refractivity contribution in [3.05, 3.63) is 23.4 Å². The molecule has 0 saturated heterocycles. The second kappa shape index (κ2) is 7.74. The van der Waals surface area contributed by atoms with Crippen LogP contribution < -0.4 is 10.2 Å². The van der Waals surface area contributed by atoms with E-state index in [1.807, 2.05) is 5.48 Å². The Labute approximate surface area is 132 Å². The van der Waals surface area contributed by atoms with Gasteiger partial charge in [-0.15, -0.1) is 0 Å². The van der Waals surface area contributed by atoms with E-state index in [9.17, 15) is 14.4 Å². The van der Waals surface area contributed by atoms with Crippen molar-refractivity contribution in [2.45, 2.75) is 33.6 Å². The van der Waals surface area contributed by atoms with Crippen molar-refractivity contribution in [3.8, 4) is 5.88 Å². The molecular formula is C14H17ClN2O5. The molecule has 0 saturated carbocycles. The van der Waals surface area contributed by atoms with Crippen LogP contribution in [0, 0.1) is 5.41 Å². The first-order valence-electron chi connectivity index (χ1n) is 6.67. The zero-order valence-corrected chi connectivity index (χ0v) is 13.3. The number of esters is 1. The SMILES string of the molecule is CCC(CC)(C(=O)ONC(C)=O)C(=O)Oc1ccc(Cl)cn1. The molecule has 0 bridgehead atoms. The van der Waals surface area contributed by atoms with Crippen LogP contribution in [0.1, 0.15) is 33.6 Å². The summed E-state index contributed by atoms with van der Waals surface area (Å²) in [6.45, 7) is 4.48. The van der Waals surface area contributed by atoms with Crippen molar-refractivity contribution in [1.29, 1.82) is 0 Å². The van der Waals surface area contributed by atoms with E-state index in [1.54, 1.807) is 13.8 Å². The van der Waals surface area contributed by atoms with Crippen LogP contribution in [-0.2, 0) is 19.2 Å². The third-order valence-electron chi connectivity index (χ3n) is 3.17. The lowest BCUT2D eigenvalue weighted by Crippen LogP contribution is -2.45. The van der Waals surface area contributed by atoms with Crippen LogP contribution in [-0.4, -0.2) is 22.8 Å². The molecular weight excluding hydrogens is 312 g/mol. The summed E-state index contributed by atoms with van der Waals surface area (Å²) >= 11 is 5.70. The molecule has 7 nitrogen and oxygen atoms in total. The van der Waals surface area contributed by atoms with Gasteiger partial charge in [0.2, 0.25) is 11.8 Å². The summed E-state index contributed by atoms with van der Waals surface area (Å²) in [5, 5.41) is 0.391. The van der Waals surface area contributed by atoms with E-state index >= 15 is 0 Å². The Morgan fingerprint density at radius 2 is 1.86 bits per heavy atom. The van der Waals surface area contributed by atoms with Crippen molar-refractivity contribution in [3.63, 3.8) is 0 Å². The highest BCUT2D eigenvalue weighted by atomic mass is 35.5. The number of halogens is 1. The summed E-state index contributed by atoms with van der Waals surface area (Å²) in [5.74, 6) is -2.22. The number of ether oxygens (including phenoxy) is 1. The Morgan fingerprint density at radius 3 is 2.32 bits per heavy atom. The normalized spacial score (nSPS) is 10.7. The minimum absolute atomic E-state index is 0.0213. The fourth-order valence-electron chi connectivity index (χ4n) is 1.74. The summed E-state index contributed by atoms with van der Waals surface area (Å²) in [6, 6.07) is 2.92. The van der Waals surface area contributed by atoms with E-state index in [-0.39, 0.29) is 18.7 Å². The fourth-order valence-corrected chi connectivity index (χ4v) is 1.85. The third-order valence-corrected chi connectivity index (χ3v) is 3.40. The molecule has 1 rings (SSSR count). The Bertz CT molecular complexity index is 555. The molecule has 1 N–H and O–H groups in total. The maximum Gasteiger partial charge on any atom is 0.349 e. The summed E-state index contributed by atoms with van der Waals surface area (Å²) in [6.07, 6.45) is 1.61. The quantitative estimate of drug-likeness (QED) is 0.505. The molecule has 1 heterocycles. The summed E-state index contributed by atoms with van der Waals surface area (Å²) in [5.41, 5.74) is 0.392. The smallest absolute Gasteiger partial charge is 0.349 e. The molecule has 0 aliphatic carbocycles. The Kier molecular flexibility index (Phi) is 6.30. The maximum atomic E-state index is 12.4. The highest BCUT2D eigenvalue weighted by Gasteiger charge is 2.47. The number of hydroxylamine groups is 1. The Morgan fingerprint density at radius 1 is 1.23 bits per heavy atom. The standard InChI is InChI=1S/C14H17ClN2O5/c1-4-14(5-2,13(20)22-17-9(3)18)12(19)21-11-7-6-10(15)8-16-11/h6-8H,4-5H2,1-3H3,(H,17,18). The van der Waals surface area contributed by atoms with Crippen molar-refractivity contribution in [1.82, 2.24) is 10.5 Å². The molecule has 0 fully saturated rings. The van der Waals surface area contributed by atoms with E-state index in [0.717, 1.165) is 0 Å². The number of amides is 1. The van der Waals surface area contributed by atoms with Crippen LogP contribution in [0.4, 0.5) is 0 Å². The van der Waals surface area contributed by atoms with Crippen LogP contribution in [0.15, 0.2) is 18.3 Å². The van der Waals surface area contributed by atoms with E-state index < -0.39 is 23.3 Å². The van der Waals surface area contributed by atoms with E-state index in [0.29, 0.717) is 5.02 Å². The Balaban J connectivity index is 2.92.